The zero-order valence-electron chi connectivity index (χ0n) is 28.7. The summed E-state index contributed by atoms with van der Waals surface area (Å²) in [6, 6.07) is 10.6. The molecule has 1 fully saturated rings. The molecule has 1 aliphatic rings. The van der Waals surface area contributed by atoms with Crippen molar-refractivity contribution < 1.29 is 41.8 Å². The van der Waals surface area contributed by atoms with Crippen molar-refractivity contribution in [1.82, 2.24) is 0 Å². The van der Waals surface area contributed by atoms with Gasteiger partial charge in [-0.05, 0) is 86.1 Å². The number of carboxylic acid groups (broad SMARTS) is 1. The SMILES string of the molecule is CC[Si](CC)(CC)OC(/C=C/[C@H]1C(O[Si](CC)(CC)CC)C[C@H](O)[C@@H]1C/C=C\CCCC(=O)O)COc1cccc(C(F)(F)F)c1. The molecule has 2 unspecified atom stereocenters. The van der Waals surface area contributed by atoms with E-state index < -0.39 is 46.6 Å². The third-order valence-corrected chi connectivity index (χ3v) is 19.4. The van der Waals surface area contributed by atoms with Crippen LogP contribution in [0.15, 0.2) is 48.6 Å². The number of carbonyl (C=O) groups is 1. The lowest BCUT2D eigenvalue weighted by molar-refractivity contribution is -0.138. The van der Waals surface area contributed by atoms with Gasteiger partial charge in [-0.1, -0.05) is 71.9 Å². The minimum absolute atomic E-state index is 0.0685. The lowest BCUT2D eigenvalue weighted by Gasteiger charge is -2.35. The van der Waals surface area contributed by atoms with E-state index in [0.717, 1.165) is 48.4 Å². The van der Waals surface area contributed by atoms with Gasteiger partial charge in [-0.2, -0.15) is 13.2 Å². The van der Waals surface area contributed by atoms with Crippen molar-refractivity contribution in [2.24, 2.45) is 11.8 Å². The number of halogens is 3. The predicted octanol–water partition coefficient (Wildman–Crippen LogP) is 9.62. The molecule has 6 nitrogen and oxygen atoms in total. The molecule has 0 aromatic heterocycles. The first-order chi connectivity index (χ1) is 21.8. The first kappa shape index (κ1) is 40.2. The van der Waals surface area contributed by atoms with Gasteiger partial charge in [-0.25, -0.2) is 0 Å². The van der Waals surface area contributed by atoms with Crippen LogP contribution in [0.3, 0.4) is 0 Å². The number of allylic oxidation sites excluding steroid dienone is 2. The molecule has 5 atom stereocenters. The summed E-state index contributed by atoms with van der Waals surface area (Å²) in [5.74, 6) is -0.849. The molecule has 0 aliphatic heterocycles. The van der Waals surface area contributed by atoms with Crippen molar-refractivity contribution in [2.45, 2.75) is 134 Å². The summed E-state index contributed by atoms with van der Waals surface area (Å²) in [6.07, 6.45) is 4.99. The largest absolute Gasteiger partial charge is 0.491 e. The molecule has 0 bridgehead atoms. The number of aliphatic hydroxyl groups is 1. The minimum atomic E-state index is -4.46. The Morgan fingerprint density at radius 2 is 1.63 bits per heavy atom. The number of rotatable bonds is 21. The van der Waals surface area contributed by atoms with Crippen LogP contribution in [-0.4, -0.2) is 57.7 Å². The molecule has 0 heterocycles. The van der Waals surface area contributed by atoms with Crippen LogP contribution in [0.4, 0.5) is 13.2 Å². The normalized spacial score (nSPS) is 21.8. The van der Waals surface area contributed by atoms with E-state index >= 15 is 0 Å². The molecule has 1 aromatic rings. The van der Waals surface area contributed by atoms with E-state index in [4.69, 9.17) is 18.7 Å². The Balaban J connectivity index is 2.40. The standard InChI is InChI=1S/C35H57F3O6Si2/c1-7-45(8-2,9-3)43-29(26-42-28-19-17-18-27(24-28)35(36,37)38)22-23-31-30(20-15-13-14-16-21-34(40)41)32(39)25-33(31)44-46(10-4,11-5)12-6/h13,15,17-19,22-24,29-33,39H,7-12,14,16,20-21,25-26H2,1-6H3,(H,40,41)/b15-13-,23-22+/t29?,30-,31-,32+,33?/m1/s1. The van der Waals surface area contributed by atoms with Gasteiger partial charge >= 0.3 is 12.1 Å². The van der Waals surface area contributed by atoms with Crippen LogP contribution in [0.2, 0.25) is 36.3 Å². The highest BCUT2D eigenvalue weighted by Crippen LogP contribution is 2.41. The summed E-state index contributed by atoms with van der Waals surface area (Å²) in [5, 5.41) is 20.2. The lowest BCUT2D eigenvalue weighted by Crippen LogP contribution is -2.42. The molecule has 1 aromatic carbocycles. The Kier molecular flexibility index (Phi) is 16.8. The van der Waals surface area contributed by atoms with E-state index in [2.05, 4.69) is 47.6 Å². The Hall–Kier alpha value is -1.93. The van der Waals surface area contributed by atoms with E-state index in [1.54, 1.807) is 0 Å². The third-order valence-electron chi connectivity index (χ3n) is 10.0. The number of ether oxygens (including phenoxy) is 1. The average Bonchev–Trinajstić information content (AvgIpc) is 3.33. The predicted molar refractivity (Wildman–Crippen MR) is 183 cm³/mol. The van der Waals surface area contributed by atoms with Gasteiger partial charge in [0, 0.05) is 12.3 Å². The molecule has 0 radical (unpaired) electrons. The number of hydrogen-bond donors (Lipinski definition) is 2. The zero-order chi connectivity index (χ0) is 34.4. The van der Waals surface area contributed by atoms with Crippen LogP contribution in [0, 0.1) is 11.8 Å². The summed E-state index contributed by atoms with van der Waals surface area (Å²) in [7, 11) is -4.11. The van der Waals surface area contributed by atoms with E-state index in [1.165, 1.54) is 12.1 Å². The highest BCUT2D eigenvalue weighted by molar-refractivity contribution is 6.74. The Labute approximate surface area is 276 Å². The number of hydrogen-bond acceptors (Lipinski definition) is 5. The fourth-order valence-corrected chi connectivity index (χ4v) is 12.2. The number of aliphatic hydroxyl groups excluding tert-OH is 1. The average molecular weight is 687 g/mol. The maximum absolute atomic E-state index is 13.4. The van der Waals surface area contributed by atoms with Gasteiger partial charge in [0.1, 0.15) is 12.4 Å². The van der Waals surface area contributed by atoms with Gasteiger partial charge < -0.3 is 23.8 Å². The van der Waals surface area contributed by atoms with Gasteiger partial charge in [0.15, 0.2) is 16.6 Å². The molecule has 46 heavy (non-hydrogen) atoms. The smallest absolute Gasteiger partial charge is 0.416 e. The molecule has 2 rings (SSSR count). The Bertz CT molecular complexity index is 1090. The van der Waals surface area contributed by atoms with E-state index in [-0.39, 0.29) is 36.7 Å². The topological polar surface area (TPSA) is 85.2 Å². The van der Waals surface area contributed by atoms with Gasteiger partial charge in [-0.3, -0.25) is 4.79 Å². The molecular formula is C35H57F3O6Si2. The number of benzene rings is 1. The third kappa shape index (κ3) is 11.9. The summed E-state index contributed by atoms with van der Waals surface area (Å²) in [6.45, 7) is 13.0. The highest BCUT2D eigenvalue weighted by atomic mass is 28.4. The van der Waals surface area contributed by atoms with Gasteiger partial charge in [0.25, 0.3) is 0 Å². The molecule has 0 spiro atoms. The highest BCUT2D eigenvalue weighted by Gasteiger charge is 2.45. The van der Waals surface area contributed by atoms with E-state index in [1.807, 2.05) is 18.2 Å². The van der Waals surface area contributed by atoms with Gasteiger partial charge in [0.05, 0.1) is 23.9 Å². The van der Waals surface area contributed by atoms with Crippen LogP contribution in [0.5, 0.6) is 5.75 Å². The van der Waals surface area contributed by atoms with Crippen molar-refractivity contribution in [3.8, 4) is 5.75 Å². The van der Waals surface area contributed by atoms with Crippen molar-refractivity contribution >= 4 is 22.6 Å². The summed E-state index contributed by atoms with van der Waals surface area (Å²) in [4.78, 5) is 10.9. The minimum Gasteiger partial charge on any atom is -0.491 e. The van der Waals surface area contributed by atoms with E-state index in [9.17, 15) is 23.1 Å². The molecule has 2 N–H and O–H groups in total. The number of aliphatic carboxylic acids is 1. The number of alkyl halides is 3. The number of unbranched alkanes of at least 4 members (excludes halogenated alkanes) is 1. The maximum atomic E-state index is 13.4. The van der Waals surface area contributed by atoms with Crippen LogP contribution in [0.25, 0.3) is 0 Å². The molecular weight excluding hydrogens is 630 g/mol. The van der Waals surface area contributed by atoms with Crippen molar-refractivity contribution in [1.29, 1.82) is 0 Å². The second-order valence-corrected chi connectivity index (χ2v) is 22.0. The monoisotopic (exact) mass is 686 g/mol. The zero-order valence-corrected chi connectivity index (χ0v) is 30.7. The number of carboxylic acids is 1. The first-order valence-electron chi connectivity index (χ1n) is 17.2. The second kappa shape index (κ2) is 19.2. The molecule has 0 saturated heterocycles. The Morgan fingerprint density at radius 3 is 2.20 bits per heavy atom. The fraction of sp³-hybridized carbons (Fsp3) is 0.686. The first-order valence-corrected chi connectivity index (χ1v) is 22.3. The summed E-state index contributed by atoms with van der Waals surface area (Å²) < 4.78 is 59.8. The van der Waals surface area contributed by atoms with Crippen molar-refractivity contribution in [2.75, 3.05) is 6.61 Å². The molecule has 11 heteroatoms. The molecule has 0 amide bonds. The van der Waals surface area contributed by atoms with Gasteiger partial charge in [-0.15, -0.1) is 0 Å². The van der Waals surface area contributed by atoms with Gasteiger partial charge in [0.2, 0.25) is 0 Å². The van der Waals surface area contributed by atoms with Crippen LogP contribution < -0.4 is 4.74 Å². The summed E-state index contributed by atoms with van der Waals surface area (Å²) in [5.41, 5.74) is -0.758. The van der Waals surface area contributed by atoms with Crippen molar-refractivity contribution in [3.05, 3.63) is 54.1 Å². The van der Waals surface area contributed by atoms with Crippen LogP contribution >= 0.6 is 0 Å². The van der Waals surface area contributed by atoms with E-state index in [0.29, 0.717) is 25.7 Å². The Morgan fingerprint density at radius 1 is 1.00 bits per heavy atom. The molecule has 1 aliphatic carbocycles. The van der Waals surface area contributed by atoms with Crippen molar-refractivity contribution in [3.63, 3.8) is 0 Å². The summed E-state index contributed by atoms with van der Waals surface area (Å²) >= 11 is 0. The van der Waals surface area contributed by atoms with Crippen LogP contribution in [-0.2, 0) is 19.8 Å². The lowest BCUT2D eigenvalue weighted by atomic mass is 9.89. The van der Waals surface area contributed by atoms with Crippen LogP contribution in [0.1, 0.15) is 79.2 Å². The second-order valence-electron chi connectivity index (χ2n) is 12.6. The molecule has 1 saturated carbocycles. The fourth-order valence-electron chi connectivity index (χ4n) is 6.52. The maximum Gasteiger partial charge on any atom is 0.416 e. The molecule has 262 valence electrons. The quantitative estimate of drug-likeness (QED) is 0.0761.